The smallest absolute Gasteiger partial charge is 0.306 e. The summed E-state index contributed by atoms with van der Waals surface area (Å²) in [5.74, 6) is -2.00. The molecule has 7 heteroatoms. The van der Waals surface area contributed by atoms with Crippen LogP contribution in [0, 0.1) is 28.9 Å². The number of hydrogen-bond acceptors (Lipinski definition) is 4. The molecule has 1 fully saturated rings. The number of nitro groups is 1. The highest BCUT2D eigenvalue weighted by atomic mass is 16.6. The fraction of sp³-hybridized carbons (Fsp3) is 0.467. The van der Waals surface area contributed by atoms with Gasteiger partial charge in [-0.3, -0.25) is 19.7 Å². The van der Waals surface area contributed by atoms with Crippen LogP contribution in [0.15, 0.2) is 18.2 Å². The summed E-state index contributed by atoms with van der Waals surface area (Å²) < 4.78 is 0. The van der Waals surface area contributed by atoms with Gasteiger partial charge in [-0.2, -0.15) is 0 Å². The molecule has 1 aromatic carbocycles. The van der Waals surface area contributed by atoms with Crippen LogP contribution in [-0.4, -0.2) is 21.9 Å². The fourth-order valence-corrected chi connectivity index (χ4v) is 2.78. The van der Waals surface area contributed by atoms with E-state index in [4.69, 9.17) is 5.11 Å². The first-order valence-corrected chi connectivity index (χ1v) is 7.17. The standard InChI is InChI=1S/C15H18N2O5/c1-9-5-6-12(8-13(9)17(21)22)16-14(18)10-3-2-4-11(7-10)15(19)20/h5-6,8,10-11H,2-4,7H2,1H3,(H,16,18)(H,19,20). The summed E-state index contributed by atoms with van der Waals surface area (Å²) >= 11 is 0. The SMILES string of the molecule is Cc1ccc(NC(=O)C2CCCC(C(=O)O)C2)cc1[N+](=O)[O-]. The second-order valence-electron chi connectivity index (χ2n) is 5.65. The summed E-state index contributed by atoms with van der Waals surface area (Å²) in [5.41, 5.74) is 0.830. The molecule has 1 aliphatic rings. The molecule has 118 valence electrons. The highest BCUT2D eigenvalue weighted by Crippen LogP contribution is 2.30. The van der Waals surface area contributed by atoms with Crippen molar-refractivity contribution >= 4 is 23.3 Å². The Hall–Kier alpha value is -2.44. The van der Waals surface area contributed by atoms with Gasteiger partial charge in [-0.05, 0) is 32.3 Å². The molecule has 0 aromatic heterocycles. The fourth-order valence-electron chi connectivity index (χ4n) is 2.78. The zero-order valence-corrected chi connectivity index (χ0v) is 12.2. The summed E-state index contributed by atoms with van der Waals surface area (Å²) in [4.78, 5) is 33.7. The molecule has 0 spiro atoms. The van der Waals surface area contributed by atoms with E-state index in [1.165, 1.54) is 6.07 Å². The molecular weight excluding hydrogens is 288 g/mol. The summed E-state index contributed by atoms with van der Waals surface area (Å²) in [6.45, 7) is 1.63. The van der Waals surface area contributed by atoms with Gasteiger partial charge in [-0.25, -0.2) is 0 Å². The van der Waals surface area contributed by atoms with Crippen molar-refractivity contribution in [2.24, 2.45) is 11.8 Å². The quantitative estimate of drug-likeness (QED) is 0.656. The monoisotopic (exact) mass is 306 g/mol. The van der Waals surface area contributed by atoms with Gasteiger partial charge in [-0.15, -0.1) is 0 Å². The maximum Gasteiger partial charge on any atom is 0.306 e. The van der Waals surface area contributed by atoms with E-state index in [2.05, 4.69) is 5.32 Å². The van der Waals surface area contributed by atoms with E-state index >= 15 is 0 Å². The molecule has 7 nitrogen and oxygen atoms in total. The van der Waals surface area contributed by atoms with E-state index in [-0.39, 0.29) is 17.5 Å². The number of amides is 1. The largest absolute Gasteiger partial charge is 0.481 e. The molecule has 2 rings (SSSR count). The molecule has 2 atom stereocenters. The zero-order valence-electron chi connectivity index (χ0n) is 12.2. The minimum Gasteiger partial charge on any atom is -0.481 e. The normalized spacial score (nSPS) is 21.1. The molecule has 1 amide bonds. The number of rotatable bonds is 4. The molecule has 2 unspecified atom stereocenters. The Kier molecular flexibility index (Phi) is 4.75. The van der Waals surface area contributed by atoms with Crippen molar-refractivity contribution in [3.05, 3.63) is 33.9 Å². The molecular formula is C15H18N2O5. The Morgan fingerprint density at radius 3 is 2.64 bits per heavy atom. The van der Waals surface area contributed by atoms with E-state index in [1.54, 1.807) is 19.1 Å². The van der Waals surface area contributed by atoms with Crippen LogP contribution in [0.5, 0.6) is 0 Å². The van der Waals surface area contributed by atoms with Gasteiger partial charge in [0.1, 0.15) is 0 Å². The van der Waals surface area contributed by atoms with Gasteiger partial charge in [0.05, 0.1) is 10.8 Å². The highest BCUT2D eigenvalue weighted by molar-refractivity contribution is 5.93. The number of nitro benzene ring substituents is 1. The van der Waals surface area contributed by atoms with Crippen LogP contribution in [0.4, 0.5) is 11.4 Å². The maximum atomic E-state index is 12.2. The molecule has 2 N–H and O–H groups in total. The molecule has 0 saturated heterocycles. The number of carbonyl (C=O) groups is 2. The second-order valence-corrected chi connectivity index (χ2v) is 5.65. The van der Waals surface area contributed by atoms with Crippen LogP contribution in [0.2, 0.25) is 0 Å². The number of benzene rings is 1. The predicted octanol–water partition coefficient (Wildman–Crippen LogP) is 2.73. The van der Waals surface area contributed by atoms with Crippen molar-refractivity contribution in [2.75, 3.05) is 5.32 Å². The van der Waals surface area contributed by atoms with E-state index in [0.29, 0.717) is 36.9 Å². The first-order valence-electron chi connectivity index (χ1n) is 7.17. The Labute approximate surface area is 127 Å². The minimum absolute atomic E-state index is 0.0511. The van der Waals surface area contributed by atoms with Crippen LogP contribution in [-0.2, 0) is 9.59 Å². The Bertz CT molecular complexity index is 614. The number of aryl methyl sites for hydroxylation is 1. The topological polar surface area (TPSA) is 110 Å². The number of carboxylic acid groups (broad SMARTS) is 1. The van der Waals surface area contributed by atoms with Crippen molar-refractivity contribution in [2.45, 2.75) is 32.6 Å². The van der Waals surface area contributed by atoms with Gasteiger partial charge in [0.2, 0.25) is 5.91 Å². The molecule has 0 aliphatic heterocycles. The number of aliphatic carboxylic acids is 1. The Balaban J connectivity index is 2.07. The third kappa shape index (κ3) is 3.60. The molecule has 0 heterocycles. The summed E-state index contributed by atoms with van der Waals surface area (Å²) in [7, 11) is 0. The lowest BCUT2D eigenvalue weighted by Crippen LogP contribution is -2.30. The van der Waals surface area contributed by atoms with E-state index in [0.717, 1.165) is 0 Å². The van der Waals surface area contributed by atoms with Crippen LogP contribution < -0.4 is 5.32 Å². The lowest BCUT2D eigenvalue weighted by molar-refractivity contribution is -0.385. The lowest BCUT2D eigenvalue weighted by atomic mass is 9.81. The predicted molar refractivity (Wildman–Crippen MR) is 79.5 cm³/mol. The Morgan fingerprint density at radius 1 is 1.32 bits per heavy atom. The van der Waals surface area contributed by atoms with Crippen molar-refractivity contribution in [1.29, 1.82) is 0 Å². The average molecular weight is 306 g/mol. The molecule has 0 bridgehead atoms. The summed E-state index contributed by atoms with van der Waals surface area (Å²) in [6.07, 6.45) is 2.25. The van der Waals surface area contributed by atoms with Gasteiger partial charge in [-0.1, -0.05) is 12.5 Å². The zero-order chi connectivity index (χ0) is 16.3. The molecule has 1 aliphatic carbocycles. The van der Waals surface area contributed by atoms with Crippen molar-refractivity contribution in [1.82, 2.24) is 0 Å². The molecule has 0 radical (unpaired) electrons. The number of anilines is 1. The van der Waals surface area contributed by atoms with Gasteiger partial charge in [0, 0.05) is 23.2 Å². The molecule has 1 aromatic rings. The van der Waals surface area contributed by atoms with Gasteiger partial charge in [0.25, 0.3) is 5.69 Å². The van der Waals surface area contributed by atoms with Gasteiger partial charge in [0.15, 0.2) is 0 Å². The van der Waals surface area contributed by atoms with Gasteiger partial charge >= 0.3 is 5.97 Å². The van der Waals surface area contributed by atoms with E-state index in [9.17, 15) is 19.7 Å². The number of carboxylic acids is 1. The van der Waals surface area contributed by atoms with Crippen molar-refractivity contribution in [3.8, 4) is 0 Å². The molecule has 1 saturated carbocycles. The first kappa shape index (κ1) is 15.9. The van der Waals surface area contributed by atoms with Crippen molar-refractivity contribution < 1.29 is 19.6 Å². The number of nitrogens with one attached hydrogen (secondary N) is 1. The maximum absolute atomic E-state index is 12.2. The Morgan fingerprint density at radius 2 is 2.00 bits per heavy atom. The third-order valence-electron chi connectivity index (χ3n) is 4.07. The molecule has 22 heavy (non-hydrogen) atoms. The first-order chi connectivity index (χ1) is 10.4. The van der Waals surface area contributed by atoms with Crippen molar-refractivity contribution in [3.63, 3.8) is 0 Å². The third-order valence-corrected chi connectivity index (χ3v) is 4.07. The van der Waals surface area contributed by atoms with Gasteiger partial charge < -0.3 is 10.4 Å². The highest BCUT2D eigenvalue weighted by Gasteiger charge is 2.31. The number of hydrogen-bond donors (Lipinski definition) is 2. The van der Waals surface area contributed by atoms with Crippen LogP contribution in [0.1, 0.15) is 31.2 Å². The van der Waals surface area contributed by atoms with Crippen LogP contribution in [0.3, 0.4) is 0 Å². The minimum atomic E-state index is -0.872. The summed E-state index contributed by atoms with van der Waals surface area (Å²) in [5, 5.41) is 22.6. The lowest BCUT2D eigenvalue weighted by Gasteiger charge is -2.25. The number of carbonyl (C=O) groups excluding carboxylic acids is 1. The summed E-state index contributed by atoms with van der Waals surface area (Å²) in [6, 6.07) is 4.51. The van der Waals surface area contributed by atoms with E-state index < -0.39 is 16.8 Å². The van der Waals surface area contributed by atoms with Crippen LogP contribution >= 0.6 is 0 Å². The average Bonchev–Trinajstić information content (AvgIpc) is 2.49. The van der Waals surface area contributed by atoms with Crippen LogP contribution in [0.25, 0.3) is 0 Å². The second kappa shape index (κ2) is 6.55. The number of nitrogens with zero attached hydrogens (tertiary/aromatic N) is 1. The van der Waals surface area contributed by atoms with E-state index in [1.807, 2.05) is 0 Å².